The van der Waals surface area contributed by atoms with Crippen LogP contribution in [-0.2, 0) is 19.3 Å². The maximum Gasteiger partial charge on any atom is -0.0245 e. The fourth-order valence-electron chi connectivity index (χ4n) is 7.72. The predicted molar refractivity (Wildman–Crippen MR) is 140 cm³/mol. The zero-order valence-corrected chi connectivity index (χ0v) is 21.6. The zero-order chi connectivity index (χ0) is 22.2. The second-order valence-electron chi connectivity index (χ2n) is 12.0. The van der Waals surface area contributed by atoms with E-state index in [4.69, 9.17) is 0 Å². The van der Waals surface area contributed by atoms with Crippen LogP contribution < -0.4 is 0 Å². The summed E-state index contributed by atoms with van der Waals surface area (Å²) in [6.07, 6.45) is 27.7. The van der Waals surface area contributed by atoms with E-state index >= 15 is 0 Å². The molecule has 0 heteroatoms. The van der Waals surface area contributed by atoms with Crippen molar-refractivity contribution < 1.29 is 0 Å². The van der Waals surface area contributed by atoms with Gasteiger partial charge in [0.1, 0.15) is 0 Å². The Kier molecular flexibility index (Phi) is 9.60. The summed E-state index contributed by atoms with van der Waals surface area (Å²) in [6, 6.07) is 7.56. The summed E-state index contributed by atoms with van der Waals surface area (Å²) < 4.78 is 0. The summed E-state index contributed by atoms with van der Waals surface area (Å²) in [4.78, 5) is 0. The van der Waals surface area contributed by atoms with E-state index in [1.165, 1.54) is 83.5 Å². The van der Waals surface area contributed by atoms with Gasteiger partial charge in [0, 0.05) is 0 Å². The zero-order valence-electron chi connectivity index (χ0n) is 21.6. The van der Waals surface area contributed by atoms with Crippen molar-refractivity contribution in [2.24, 2.45) is 29.6 Å². The van der Waals surface area contributed by atoms with Crippen molar-refractivity contribution in [1.29, 1.82) is 0 Å². The van der Waals surface area contributed by atoms with Crippen molar-refractivity contribution in [3.8, 4) is 0 Å². The first-order chi connectivity index (χ1) is 15.8. The molecule has 0 heterocycles. The fraction of sp³-hybridized carbons (Fsp3) is 0.812. The van der Waals surface area contributed by atoms with Gasteiger partial charge in [-0.1, -0.05) is 89.8 Å². The summed E-state index contributed by atoms with van der Waals surface area (Å²) in [5.41, 5.74) is 5.01. The third-order valence-electron chi connectivity index (χ3n) is 9.75. The molecule has 4 rings (SSSR count). The highest BCUT2D eigenvalue weighted by molar-refractivity contribution is 5.34. The first kappa shape index (κ1) is 24.3. The van der Waals surface area contributed by atoms with Gasteiger partial charge in [0.15, 0.2) is 0 Å². The number of rotatable bonds is 11. The lowest BCUT2D eigenvalue weighted by atomic mass is 9.61. The van der Waals surface area contributed by atoms with Crippen LogP contribution in [0.2, 0.25) is 0 Å². The summed E-state index contributed by atoms with van der Waals surface area (Å²) in [6.45, 7) is 4.64. The van der Waals surface area contributed by atoms with E-state index in [0.717, 1.165) is 29.6 Å². The molecule has 180 valence electrons. The van der Waals surface area contributed by atoms with Crippen LogP contribution in [-0.4, -0.2) is 0 Å². The van der Waals surface area contributed by atoms with E-state index in [1.54, 1.807) is 55.2 Å². The molecule has 0 N–H and O–H groups in total. The first-order valence-electron chi connectivity index (χ1n) is 14.9. The minimum absolute atomic E-state index is 0.977. The topological polar surface area (TPSA) is 0 Å². The molecule has 0 bridgehead atoms. The Labute approximate surface area is 200 Å². The molecule has 5 unspecified atom stereocenters. The van der Waals surface area contributed by atoms with Gasteiger partial charge >= 0.3 is 0 Å². The molecule has 1 aromatic carbocycles. The fourth-order valence-corrected chi connectivity index (χ4v) is 7.72. The Hall–Kier alpha value is -0.780. The molecule has 32 heavy (non-hydrogen) atoms. The standard InChI is InChI=1S/C32H52/c1-3-5-7-9-11-25-13-15-29-23-31(19-17-27(29)21-25)32-20-18-28-22-26(12-10-8-6-4-2)14-16-30(28)24-32/h13,15,21,26,28,30-32H,3-12,14,16-20,22-24H2,1-2H3. The molecule has 5 atom stereocenters. The van der Waals surface area contributed by atoms with Crippen LogP contribution in [0.25, 0.3) is 0 Å². The smallest absolute Gasteiger partial charge is 0.0245 e. The Morgan fingerprint density at radius 1 is 0.656 bits per heavy atom. The average molecular weight is 437 g/mol. The van der Waals surface area contributed by atoms with Gasteiger partial charge in [-0.2, -0.15) is 0 Å². The Morgan fingerprint density at radius 2 is 1.38 bits per heavy atom. The van der Waals surface area contributed by atoms with Crippen LogP contribution in [0.1, 0.15) is 133 Å². The van der Waals surface area contributed by atoms with Gasteiger partial charge in [-0.15, -0.1) is 0 Å². The van der Waals surface area contributed by atoms with E-state index in [-0.39, 0.29) is 0 Å². The normalized spacial score (nSPS) is 30.0. The minimum atomic E-state index is 0.977. The number of hydrogen-bond donors (Lipinski definition) is 0. The maximum atomic E-state index is 2.58. The van der Waals surface area contributed by atoms with Crippen LogP contribution in [0.3, 0.4) is 0 Å². The van der Waals surface area contributed by atoms with E-state index in [9.17, 15) is 0 Å². The summed E-state index contributed by atoms with van der Waals surface area (Å²) >= 11 is 0. The number of benzene rings is 1. The van der Waals surface area contributed by atoms with Gasteiger partial charge in [-0.25, -0.2) is 0 Å². The van der Waals surface area contributed by atoms with Crippen LogP contribution >= 0.6 is 0 Å². The third kappa shape index (κ3) is 6.64. The Bertz CT molecular complexity index is 673. The predicted octanol–water partition coefficient (Wildman–Crippen LogP) is 9.72. The molecule has 0 spiro atoms. The van der Waals surface area contributed by atoms with Gasteiger partial charge in [0.25, 0.3) is 0 Å². The number of aryl methyl sites for hydroxylation is 2. The number of unbranched alkanes of at least 4 members (excludes halogenated alkanes) is 6. The molecule has 0 aromatic heterocycles. The monoisotopic (exact) mass is 436 g/mol. The van der Waals surface area contributed by atoms with Crippen LogP contribution in [0, 0.1) is 29.6 Å². The highest BCUT2D eigenvalue weighted by atomic mass is 14.4. The quantitative estimate of drug-likeness (QED) is 0.303. The van der Waals surface area contributed by atoms with Crippen LogP contribution in [0.15, 0.2) is 18.2 Å². The van der Waals surface area contributed by atoms with Crippen LogP contribution in [0.4, 0.5) is 0 Å². The summed E-state index contributed by atoms with van der Waals surface area (Å²) in [7, 11) is 0. The van der Waals surface area contributed by atoms with E-state index in [2.05, 4.69) is 32.0 Å². The largest absolute Gasteiger partial charge is 0.0654 e. The van der Waals surface area contributed by atoms with Crippen molar-refractivity contribution in [3.05, 3.63) is 34.9 Å². The Morgan fingerprint density at radius 3 is 2.19 bits per heavy atom. The van der Waals surface area contributed by atoms with Gasteiger partial charge in [0.2, 0.25) is 0 Å². The number of hydrogen-bond acceptors (Lipinski definition) is 0. The Balaban J connectivity index is 1.23. The molecule has 1 aromatic rings. The summed E-state index contributed by atoms with van der Waals surface area (Å²) in [5, 5.41) is 0. The van der Waals surface area contributed by atoms with Crippen molar-refractivity contribution in [2.75, 3.05) is 0 Å². The molecule has 3 aliphatic rings. The lowest BCUT2D eigenvalue weighted by molar-refractivity contribution is 0.0690. The van der Waals surface area contributed by atoms with Crippen molar-refractivity contribution in [3.63, 3.8) is 0 Å². The SMILES string of the molecule is CCCCCCc1ccc2c(c1)CCC(C1CCC3CC(CCCCCC)CCC3C1)C2. The van der Waals surface area contributed by atoms with Crippen molar-refractivity contribution >= 4 is 0 Å². The van der Waals surface area contributed by atoms with Crippen molar-refractivity contribution in [1.82, 2.24) is 0 Å². The molecular weight excluding hydrogens is 384 g/mol. The second-order valence-corrected chi connectivity index (χ2v) is 12.0. The minimum Gasteiger partial charge on any atom is -0.0654 e. The van der Waals surface area contributed by atoms with E-state index < -0.39 is 0 Å². The average Bonchev–Trinajstić information content (AvgIpc) is 2.84. The molecule has 3 aliphatic carbocycles. The lowest BCUT2D eigenvalue weighted by Gasteiger charge is -2.45. The van der Waals surface area contributed by atoms with Gasteiger partial charge < -0.3 is 0 Å². The maximum absolute atomic E-state index is 2.58. The molecule has 0 aliphatic heterocycles. The third-order valence-corrected chi connectivity index (χ3v) is 9.75. The molecule has 0 saturated heterocycles. The lowest BCUT2D eigenvalue weighted by Crippen LogP contribution is -2.35. The highest BCUT2D eigenvalue weighted by Gasteiger charge is 2.38. The molecule has 0 radical (unpaired) electrons. The van der Waals surface area contributed by atoms with Crippen LogP contribution in [0.5, 0.6) is 0 Å². The number of fused-ring (bicyclic) bond motifs is 2. The molecule has 0 nitrogen and oxygen atoms in total. The molecule has 2 fully saturated rings. The highest BCUT2D eigenvalue weighted by Crippen LogP contribution is 2.49. The molecule has 2 saturated carbocycles. The van der Waals surface area contributed by atoms with Gasteiger partial charge in [0.05, 0.1) is 0 Å². The first-order valence-corrected chi connectivity index (χ1v) is 14.9. The molecular formula is C32H52. The van der Waals surface area contributed by atoms with Crippen molar-refractivity contribution in [2.45, 2.75) is 136 Å². The van der Waals surface area contributed by atoms with E-state index in [0.29, 0.717) is 0 Å². The summed E-state index contributed by atoms with van der Waals surface area (Å²) in [5.74, 6) is 5.24. The van der Waals surface area contributed by atoms with Gasteiger partial charge in [-0.3, -0.25) is 0 Å². The van der Waals surface area contributed by atoms with Gasteiger partial charge in [-0.05, 0) is 110 Å². The molecule has 0 amide bonds. The second kappa shape index (κ2) is 12.6. The van der Waals surface area contributed by atoms with E-state index in [1.807, 2.05) is 0 Å².